The third-order valence-corrected chi connectivity index (χ3v) is 6.42. The average molecular weight is 341 g/mol. The van der Waals surface area contributed by atoms with Gasteiger partial charge in [-0.15, -0.1) is 0 Å². The molecule has 20 heavy (non-hydrogen) atoms. The summed E-state index contributed by atoms with van der Waals surface area (Å²) in [6, 6.07) is 1.59. The highest BCUT2D eigenvalue weighted by Gasteiger charge is 2.26. The molecule has 0 atom stereocenters. The lowest BCUT2D eigenvalue weighted by Crippen LogP contribution is -2.39. The van der Waals surface area contributed by atoms with Crippen LogP contribution in [-0.2, 0) is 20.8 Å². The van der Waals surface area contributed by atoms with Gasteiger partial charge in [-0.1, -0.05) is 11.6 Å². The number of sulfonamides is 1. The molecule has 2 rings (SSSR count). The molecule has 1 heterocycles. The molecule has 3 N–H and O–H groups in total. The maximum Gasteiger partial charge on any atom is 0.242 e. The van der Waals surface area contributed by atoms with Crippen LogP contribution in [0.2, 0.25) is 5.02 Å². The van der Waals surface area contributed by atoms with Crippen molar-refractivity contribution < 1.29 is 17.0 Å². The van der Waals surface area contributed by atoms with Crippen LogP contribution in [-0.4, -0.2) is 30.2 Å². The van der Waals surface area contributed by atoms with Crippen molar-refractivity contribution in [1.29, 1.82) is 0 Å². The van der Waals surface area contributed by atoms with Crippen LogP contribution in [0.1, 0.15) is 12.8 Å². The fraction of sp³-hybridized carbons (Fsp3) is 0.455. The fourth-order valence-corrected chi connectivity index (χ4v) is 5.10. The van der Waals surface area contributed by atoms with Crippen LogP contribution >= 0.6 is 11.6 Å². The Bertz CT molecular complexity index is 641. The highest BCUT2D eigenvalue weighted by molar-refractivity contribution is 7.89. The molecule has 1 aromatic carbocycles. The second-order valence-corrected chi connectivity index (χ2v) is 8.33. The Kier molecular flexibility index (Phi) is 4.68. The highest BCUT2D eigenvalue weighted by atomic mass is 35.5. The fourth-order valence-electron chi connectivity index (χ4n) is 1.95. The average Bonchev–Trinajstić information content (AvgIpc) is 2.36. The number of halogens is 2. The molecule has 112 valence electrons. The van der Waals surface area contributed by atoms with Crippen LogP contribution in [0.5, 0.6) is 0 Å². The molecular formula is C11H14ClFN2O3S2. The van der Waals surface area contributed by atoms with Crippen molar-refractivity contribution in [3.8, 4) is 0 Å². The number of benzene rings is 1. The van der Waals surface area contributed by atoms with Gasteiger partial charge in [0.25, 0.3) is 0 Å². The minimum absolute atomic E-state index is 0.219. The number of nitrogens with two attached hydrogens (primary N) is 1. The Morgan fingerprint density at radius 3 is 2.55 bits per heavy atom. The molecule has 0 amide bonds. The lowest BCUT2D eigenvalue weighted by atomic mass is 10.2. The van der Waals surface area contributed by atoms with Crippen LogP contribution in [0.4, 0.5) is 10.1 Å². The minimum atomic E-state index is -3.87. The molecule has 0 saturated carbocycles. The summed E-state index contributed by atoms with van der Waals surface area (Å²) in [5, 5.41) is -0.219. The Labute approximate surface area is 124 Å². The number of hydrogen-bond donors (Lipinski definition) is 2. The van der Waals surface area contributed by atoms with Gasteiger partial charge in [-0.3, -0.25) is 4.21 Å². The number of anilines is 1. The zero-order valence-electron chi connectivity index (χ0n) is 10.4. The Hall–Kier alpha value is -0.700. The van der Waals surface area contributed by atoms with Crippen molar-refractivity contribution in [2.45, 2.75) is 23.8 Å². The molecule has 0 bridgehead atoms. The number of nitrogens with one attached hydrogen (secondary N) is 1. The van der Waals surface area contributed by atoms with E-state index in [0.29, 0.717) is 24.3 Å². The second kappa shape index (κ2) is 5.97. The zero-order valence-corrected chi connectivity index (χ0v) is 12.8. The van der Waals surface area contributed by atoms with E-state index in [-0.39, 0.29) is 21.6 Å². The molecule has 0 spiro atoms. The Balaban J connectivity index is 2.22. The van der Waals surface area contributed by atoms with Crippen molar-refractivity contribution in [2.75, 3.05) is 17.2 Å². The molecule has 5 nitrogen and oxygen atoms in total. The molecule has 1 aliphatic heterocycles. The van der Waals surface area contributed by atoms with Gasteiger partial charge in [0.2, 0.25) is 10.0 Å². The molecule has 1 aromatic rings. The first kappa shape index (κ1) is 15.7. The minimum Gasteiger partial charge on any atom is -0.396 e. The summed E-state index contributed by atoms with van der Waals surface area (Å²) in [7, 11) is -4.75. The smallest absolute Gasteiger partial charge is 0.242 e. The maximum atomic E-state index is 13.2. The van der Waals surface area contributed by atoms with E-state index in [1.165, 1.54) is 0 Å². The third-order valence-electron chi connectivity index (χ3n) is 3.05. The van der Waals surface area contributed by atoms with Gasteiger partial charge >= 0.3 is 0 Å². The second-order valence-electron chi connectivity index (χ2n) is 4.55. The first-order chi connectivity index (χ1) is 9.29. The summed E-state index contributed by atoms with van der Waals surface area (Å²) in [5.41, 5.74) is 5.09. The van der Waals surface area contributed by atoms with Crippen LogP contribution < -0.4 is 10.5 Å². The number of nitrogen functional groups attached to an aromatic ring is 1. The van der Waals surface area contributed by atoms with Crippen molar-refractivity contribution in [1.82, 2.24) is 4.72 Å². The topological polar surface area (TPSA) is 89.3 Å². The highest BCUT2D eigenvalue weighted by Crippen LogP contribution is 2.27. The summed E-state index contributed by atoms with van der Waals surface area (Å²) in [6.45, 7) is 0. The van der Waals surface area contributed by atoms with Crippen molar-refractivity contribution in [3.05, 3.63) is 23.0 Å². The molecule has 0 unspecified atom stereocenters. The predicted octanol–water partition coefficient (Wildman–Crippen LogP) is 1.25. The van der Waals surface area contributed by atoms with E-state index < -0.39 is 26.6 Å². The van der Waals surface area contributed by atoms with Crippen molar-refractivity contribution in [3.63, 3.8) is 0 Å². The normalized spacial score (nSPS) is 23.7. The predicted molar refractivity (Wildman–Crippen MR) is 77.0 cm³/mol. The van der Waals surface area contributed by atoms with E-state index >= 15 is 0 Å². The summed E-state index contributed by atoms with van der Waals surface area (Å²) in [5.74, 6) is 0.167. The monoisotopic (exact) mass is 340 g/mol. The first-order valence-electron chi connectivity index (χ1n) is 5.91. The van der Waals surface area contributed by atoms with Gasteiger partial charge < -0.3 is 5.73 Å². The Morgan fingerprint density at radius 1 is 1.35 bits per heavy atom. The van der Waals surface area contributed by atoms with Gasteiger partial charge in [-0.05, 0) is 25.0 Å². The SMILES string of the molecule is Nc1cc(S(=O)(=O)NC2CCS(=O)CC2)c(Cl)cc1F. The molecule has 0 aromatic heterocycles. The van der Waals surface area contributed by atoms with Gasteiger partial charge in [0.1, 0.15) is 10.7 Å². The summed E-state index contributed by atoms with van der Waals surface area (Å²) >= 11 is 5.76. The molecule has 9 heteroatoms. The zero-order chi connectivity index (χ0) is 14.9. The van der Waals surface area contributed by atoms with Gasteiger partial charge in [-0.2, -0.15) is 0 Å². The van der Waals surface area contributed by atoms with Crippen LogP contribution in [0.15, 0.2) is 17.0 Å². The maximum absolute atomic E-state index is 13.2. The number of rotatable bonds is 3. The molecule has 0 aliphatic carbocycles. The quantitative estimate of drug-likeness (QED) is 0.810. The largest absolute Gasteiger partial charge is 0.396 e. The van der Waals surface area contributed by atoms with Crippen LogP contribution in [0, 0.1) is 5.82 Å². The number of hydrogen-bond acceptors (Lipinski definition) is 4. The molecular weight excluding hydrogens is 327 g/mol. The first-order valence-corrected chi connectivity index (χ1v) is 9.26. The summed E-state index contributed by atoms with van der Waals surface area (Å²) in [4.78, 5) is -0.246. The van der Waals surface area contributed by atoms with E-state index in [1.807, 2.05) is 0 Å². The van der Waals surface area contributed by atoms with Gasteiger partial charge in [0.15, 0.2) is 0 Å². The third kappa shape index (κ3) is 3.49. The summed E-state index contributed by atoms with van der Waals surface area (Å²) in [6.07, 6.45) is 1.00. The molecule has 1 saturated heterocycles. The Morgan fingerprint density at radius 2 is 1.95 bits per heavy atom. The van der Waals surface area contributed by atoms with Gasteiger partial charge in [-0.25, -0.2) is 17.5 Å². The van der Waals surface area contributed by atoms with E-state index in [2.05, 4.69) is 4.72 Å². The van der Waals surface area contributed by atoms with E-state index in [4.69, 9.17) is 17.3 Å². The van der Waals surface area contributed by atoms with Gasteiger partial charge in [0.05, 0.1) is 10.7 Å². The summed E-state index contributed by atoms with van der Waals surface area (Å²) < 4.78 is 51.4. The standard InChI is InChI=1S/C11H14ClFN2O3S2/c12-8-5-9(13)10(14)6-11(8)20(17,18)15-7-1-3-19(16)4-2-7/h5-7,15H,1-4,14H2. The van der Waals surface area contributed by atoms with Crippen molar-refractivity contribution >= 4 is 38.1 Å². The molecule has 0 radical (unpaired) electrons. The van der Waals surface area contributed by atoms with E-state index in [0.717, 1.165) is 12.1 Å². The van der Waals surface area contributed by atoms with Crippen LogP contribution in [0.25, 0.3) is 0 Å². The molecule has 1 aliphatic rings. The van der Waals surface area contributed by atoms with E-state index in [9.17, 15) is 17.0 Å². The lowest BCUT2D eigenvalue weighted by molar-refractivity contribution is 0.521. The van der Waals surface area contributed by atoms with E-state index in [1.54, 1.807) is 0 Å². The molecule has 1 fully saturated rings. The lowest BCUT2D eigenvalue weighted by Gasteiger charge is -2.22. The van der Waals surface area contributed by atoms with Gasteiger partial charge in [0, 0.05) is 28.3 Å². The van der Waals surface area contributed by atoms with Crippen molar-refractivity contribution in [2.24, 2.45) is 0 Å². The van der Waals surface area contributed by atoms with Crippen LogP contribution in [0.3, 0.4) is 0 Å².